The average molecular weight is 170 g/mol. The Bertz CT molecular complexity index is 163. The Labute approximate surface area is 73.6 Å². The molecule has 70 valence electrons. The predicted octanol–water partition coefficient (Wildman–Crippen LogP) is 1.45. The molecule has 0 aromatic rings. The topological polar surface area (TPSA) is 40.5 Å². The monoisotopic (exact) mass is 170 g/mol. The smallest absolute Gasteiger partial charge is 0.0933 e. The van der Waals surface area contributed by atoms with Crippen molar-refractivity contribution in [1.29, 1.82) is 0 Å². The van der Waals surface area contributed by atoms with Gasteiger partial charge in [0.25, 0.3) is 0 Å². The summed E-state index contributed by atoms with van der Waals surface area (Å²) in [5, 5.41) is 19.9. The van der Waals surface area contributed by atoms with Crippen LogP contribution < -0.4 is 0 Å². The minimum absolute atomic E-state index is 0.384. The van der Waals surface area contributed by atoms with Crippen molar-refractivity contribution >= 4 is 0 Å². The normalized spacial score (nSPS) is 44.0. The van der Waals surface area contributed by atoms with E-state index in [0.717, 1.165) is 32.1 Å². The van der Waals surface area contributed by atoms with Gasteiger partial charge in [-0.3, -0.25) is 0 Å². The Morgan fingerprint density at radius 3 is 2.17 bits per heavy atom. The fourth-order valence-corrected chi connectivity index (χ4v) is 2.90. The summed E-state index contributed by atoms with van der Waals surface area (Å²) in [6.07, 6.45) is 6.88. The molecule has 2 atom stereocenters. The van der Waals surface area contributed by atoms with E-state index in [4.69, 9.17) is 0 Å². The third kappa shape index (κ3) is 1.17. The summed E-state index contributed by atoms with van der Waals surface area (Å²) in [5.41, 5.74) is -0.712. The van der Waals surface area contributed by atoms with Gasteiger partial charge in [0.15, 0.2) is 0 Å². The molecule has 0 radical (unpaired) electrons. The highest BCUT2D eigenvalue weighted by molar-refractivity contribution is 4.98. The molecule has 0 aliphatic heterocycles. The molecule has 12 heavy (non-hydrogen) atoms. The first kappa shape index (κ1) is 8.52. The quantitative estimate of drug-likeness (QED) is 0.625. The molecular formula is C10H18O2. The van der Waals surface area contributed by atoms with E-state index in [-0.39, 0.29) is 0 Å². The minimum atomic E-state index is -0.712. The summed E-state index contributed by atoms with van der Waals surface area (Å²) in [6, 6.07) is 0. The Morgan fingerprint density at radius 2 is 1.67 bits per heavy atom. The van der Waals surface area contributed by atoms with Crippen LogP contribution in [0.3, 0.4) is 0 Å². The van der Waals surface area contributed by atoms with E-state index in [9.17, 15) is 10.2 Å². The van der Waals surface area contributed by atoms with E-state index >= 15 is 0 Å². The van der Waals surface area contributed by atoms with Crippen LogP contribution in [0.1, 0.15) is 44.9 Å². The summed E-state index contributed by atoms with van der Waals surface area (Å²) in [5.74, 6) is 0.384. The van der Waals surface area contributed by atoms with Crippen molar-refractivity contribution in [3.63, 3.8) is 0 Å². The molecule has 0 aromatic heterocycles. The van der Waals surface area contributed by atoms with Gasteiger partial charge in [-0.1, -0.05) is 12.8 Å². The lowest BCUT2D eigenvalue weighted by Gasteiger charge is -2.32. The molecule has 0 spiro atoms. The van der Waals surface area contributed by atoms with Crippen LogP contribution in [0.5, 0.6) is 0 Å². The lowest BCUT2D eigenvalue weighted by molar-refractivity contribution is -0.0922. The van der Waals surface area contributed by atoms with Gasteiger partial charge in [-0.15, -0.1) is 0 Å². The molecule has 0 saturated heterocycles. The fourth-order valence-electron chi connectivity index (χ4n) is 2.90. The lowest BCUT2D eigenvalue weighted by atomic mass is 9.83. The maximum atomic E-state index is 10.2. The molecule has 2 aliphatic rings. The third-order valence-corrected chi connectivity index (χ3v) is 3.69. The number of aliphatic hydroxyl groups excluding tert-OH is 1. The number of aliphatic hydroxyl groups is 2. The zero-order valence-electron chi connectivity index (χ0n) is 7.50. The van der Waals surface area contributed by atoms with Crippen molar-refractivity contribution < 1.29 is 10.2 Å². The van der Waals surface area contributed by atoms with Crippen molar-refractivity contribution in [3.8, 4) is 0 Å². The maximum absolute atomic E-state index is 10.2. The Kier molecular flexibility index (Phi) is 2.13. The Morgan fingerprint density at radius 1 is 1.00 bits per heavy atom. The highest BCUT2D eigenvalue weighted by Gasteiger charge is 2.46. The second kappa shape index (κ2) is 3.00. The van der Waals surface area contributed by atoms with Crippen LogP contribution in [-0.4, -0.2) is 21.9 Å². The summed E-state index contributed by atoms with van der Waals surface area (Å²) < 4.78 is 0. The molecule has 2 saturated carbocycles. The third-order valence-electron chi connectivity index (χ3n) is 3.69. The van der Waals surface area contributed by atoms with Crippen molar-refractivity contribution in [2.24, 2.45) is 5.92 Å². The first-order valence-corrected chi connectivity index (χ1v) is 5.14. The molecule has 2 fully saturated rings. The van der Waals surface area contributed by atoms with Gasteiger partial charge < -0.3 is 10.2 Å². The number of rotatable bonds is 1. The van der Waals surface area contributed by atoms with Crippen LogP contribution in [0.25, 0.3) is 0 Å². The molecular weight excluding hydrogens is 152 g/mol. The highest BCUT2D eigenvalue weighted by Crippen LogP contribution is 2.43. The summed E-state index contributed by atoms with van der Waals surface area (Å²) >= 11 is 0. The van der Waals surface area contributed by atoms with E-state index < -0.39 is 11.7 Å². The summed E-state index contributed by atoms with van der Waals surface area (Å²) in [7, 11) is 0. The highest BCUT2D eigenvalue weighted by atomic mass is 16.3. The van der Waals surface area contributed by atoms with Gasteiger partial charge in [-0.2, -0.15) is 0 Å². The SMILES string of the molecule is OC1CCCC1(O)C1CCCC1. The van der Waals surface area contributed by atoms with Crippen molar-refractivity contribution in [3.05, 3.63) is 0 Å². The van der Waals surface area contributed by atoms with Crippen molar-refractivity contribution in [2.75, 3.05) is 0 Å². The van der Waals surface area contributed by atoms with Gasteiger partial charge in [-0.05, 0) is 38.0 Å². The van der Waals surface area contributed by atoms with E-state index in [1.807, 2.05) is 0 Å². The minimum Gasteiger partial charge on any atom is -0.390 e. The first-order valence-electron chi connectivity index (χ1n) is 5.14. The van der Waals surface area contributed by atoms with E-state index in [0.29, 0.717) is 5.92 Å². The zero-order valence-corrected chi connectivity index (χ0v) is 7.50. The van der Waals surface area contributed by atoms with Gasteiger partial charge in [0.05, 0.1) is 11.7 Å². The van der Waals surface area contributed by atoms with Gasteiger partial charge in [-0.25, -0.2) is 0 Å². The lowest BCUT2D eigenvalue weighted by Crippen LogP contribution is -2.43. The molecule has 2 N–H and O–H groups in total. The van der Waals surface area contributed by atoms with Crippen LogP contribution in [0, 0.1) is 5.92 Å². The average Bonchev–Trinajstić information content (AvgIpc) is 2.62. The van der Waals surface area contributed by atoms with Gasteiger partial charge in [0, 0.05) is 0 Å². The molecule has 2 nitrogen and oxygen atoms in total. The first-order chi connectivity index (χ1) is 5.73. The molecule has 0 bridgehead atoms. The van der Waals surface area contributed by atoms with E-state index in [1.54, 1.807) is 0 Å². The molecule has 2 heteroatoms. The second-order valence-corrected chi connectivity index (χ2v) is 4.38. The van der Waals surface area contributed by atoms with Crippen LogP contribution in [-0.2, 0) is 0 Å². The molecule has 0 aromatic carbocycles. The van der Waals surface area contributed by atoms with Gasteiger partial charge >= 0.3 is 0 Å². The number of hydrogen-bond donors (Lipinski definition) is 2. The molecule has 0 amide bonds. The molecule has 0 heterocycles. The van der Waals surface area contributed by atoms with E-state index in [1.165, 1.54) is 12.8 Å². The van der Waals surface area contributed by atoms with E-state index in [2.05, 4.69) is 0 Å². The summed E-state index contributed by atoms with van der Waals surface area (Å²) in [6.45, 7) is 0. The predicted molar refractivity (Wildman–Crippen MR) is 46.8 cm³/mol. The maximum Gasteiger partial charge on any atom is 0.0933 e. The van der Waals surface area contributed by atoms with Crippen molar-refractivity contribution in [1.82, 2.24) is 0 Å². The Hall–Kier alpha value is -0.0800. The molecule has 2 rings (SSSR count). The second-order valence-electron chi connectivity index (χ2n) is 4.38. The van der Waals surface area contributed by atoms with Crippen LogP contribution in [0.4, 0.5) is 0 Å². The molecule has 2 unspecified atom stereocenters. The fraction of sp³-hybridized carbons (Fsp3) is 1.00. The van der Waals surface area contributed by atoms with Crippen LogP contribution >= 0.6 is 0 Å². The molecule has 2 aliphatic carbocycles. The van der Waals surface area contributed by atoms with Crippen molar-refractivity contribution in [2.45, 2.75) is 56.7 Å². The zero-order chi connectivity index (χ0) is 8.60. The van der Waals surface area contributed by atoms with Gasteiger partial charge in [0.1, 0.15) is 0 Å². The number of hydrogen-bond acceptors (Lipinski definition) is 2. The Balaban J connectivity index is 2.07. The van der Waals surface area contributed by atoms with Crippen LogP contribution in [0.15, 0.2) is 0 Å². The van der Waals surface area contributed by atoms with Crippen LogP contribution in [0.2, 0.25) is 0 Å². The standard InChI is InChI=1S/C10H18O2/c11-9-6-3-7-10(9,12)8-4-1-2-5-8/h8-9,11-12H,1-7H2. The summed E-state index contributed by atoms with van der Waals surface area (Å²) in [4.78, 5) is 0. The largest absolute Gasteiger partial charge is 0.390 e. The van der Waals surface area contributed by atoms with Gasteiger partial charge in [0.2, 0.25) is 0 Å².